The summed E-state index contributed by atoms with van der Waals surface area (Å²) in [6, 6.07) is 18.9. The van der Waals surface area contributed by atoms with E-state index in [0.29, 0.717) is 30.6 Å². The molecule has 6 nitrogen and oxygen atoms in total. The summed E-state index contributed by atoms with van der Waals surface area (Å²) in [5, 5.41) is 9.58. The van der Waals surface area contributed by atoms with Crippen LogP contribution in [0.4, 0.5) is 0 Å². The lowest BCUT2D eigenvalue weighted by atomic mass is 10.1. The van der Waals surface area contributed by atoms with Crippen LogP contribution in [-0.4, -0.2) is 37.8 Å². The van der Waals surface area contributed by atoms with Crippen LogP contribution in [0.1, 0.15) is 52.5 Å². The fraction of sp³-hybridized carbons (Fsp3) is 0.250. The highest BCUT2D eigenvalue weighted by Crippen LogP contribution is 2.43. The highest BCUT2D eigenvalue weighted by molar-refractivity contribution is 6.08. The number of aliphatic carboxylic acids is 1. The Morgan fingerprint density at radius 2 is 1.79 bits per heavy atom. The maximum absolute atomic E-state index is 12.9. The van der Waals surface area contributed by atoms with Crippen molar-refractivity contribution in [2.75, 3.05) is 0 Å². The van der Waals surface area contributed by atoms with Crippen molar-refractivity contribution in [3.05, 3.63) is 101 Å². The van der Waals surface area contributed by atoms with Crippen molar-refractivity contribution in [3.63, 3.8) is 0 Å². The number of hydrogen-bond donors (Lipinski definition) is 1. The molecule has 4 rings (SSSR count). The van der Waals surface area contributed by atoms with E-state index in [0.717, 1.165) is 16.7 Å². The number of rotatable bonds is 9. The number of carboxylic acids is 1. The van der Waals surface area contributed by atoms with Crippen molar-refractivity contribution in [1.82, 2.24) is 9.47 Å². The molecule has 0 unspecified atom stereocenters. The minimum absolute atomic E-state index is 0.0165. The third kappa shape index (κ3) is 4.86. The third-order valence-electron chi connectivity index (χ3n) is 6.30. The minimum Gasteiger partial charge on any atom is -0.479 e. The van der Waals surface area contributed by atoms with Gasteiger partial charge in [-0.1, -0.05) is 60.2 Å². The Morgan fingerprint density at radius 3 is 2.44 bits per heavy atom. The van der Waals surface area contributed by atoms with Crippen molar-refractivity contribution in [2.24, 2.45) is 0 Å². The molecule has 1 aliphatic rings. The van der Waals surface area contributed by atoms with Crippen LogP contribution in [0.3, 0.4) is 0 Å². The van der Waals surface area contributed by atoms with Gasteiger partial charge in [0.05, 0.1) is 5.69 Å². The second kappa shape index (κ2) is 9.51. The zero-order valence-electron chi connectivity index (χ0n) is 19.4. The summed E-state index contributed by atoms with van der Waals surface area (Å²) in [6.07, 6.45) is 6.80. The van der Waals surface area contributed by atoms with Crippen LogP contribution in [0.25, 0.3) is 6.08 Å². The van der Waals surface area contributed by atoms with Gasteiger partial charge in [-0.2, -0.15) is 0 Å². The first-order valence-corrected chi connectivity index (χ1v) is 11.3. The fourth-order valence-corrected chi connectivity index (χ4v) is 4.19. The lowest BCUT2D eigenvalue weighted by molar-refractivity contribution is -0.152. The SMILES string of the molecule is CC(=O)N(Cc1cccc(/C=C/Cn2cccc2C(=O)c2ccc(C)cc2)c1)C1(C(=O)O)CC1. The number of allylic oxidation sites excluding steroid dienone is 1. The second-order valence-corrected chi connectivity index (χ2v) is 8.83. The normalized spacial score (nSPS) is 14.2. The number of amides is 1. The number of aryl methyl sites for hydroxylation is 1. The van der Waals surface area contributed by atoms with E-state index in [-0.39, 0.29) is 18.2 Å². The maximum Gasteiger partial charge on any atom is 0.329 e. The molecule has 1 saturated carbocycles. The molecule has 6 heteroatoms. The Balaban J connectivity index is 1.45. The first-order valence-electron chi connectivity index (χ1n) is 11.3. The van der Waals surface area contributed by atoms with Gasteiger partial charge < -0.3 is 14.6 Å². The third-order valence-corrected chi connectivity index (χ3v) is 6.30. The van der Waals surface area contributed by atoms with Crippen molar-refractivity contribution in [1.29, 1.82) is 0 Å². The number of hydrogen-bond acceptors (Lipinski definition) is 3. The molecule has 0 aliphatic heterocycles. The number of carbonyl (C=O) groups excluding carboxylic acids is 2. The number of carboxylic acid groups (broad SMARTS) is 1. The van der Waals surface area contributed by atoms with E-state index < -0.39 is 11.5 Å². The van der Waals surface area contributed by atoms with Gasteiger partial charge in [-0.15, -0.1) is 0 Å². The molecular formula is C28H28N2O4. The number of carbonyl (C=O) groups is 3. The average molecular weight is 457 g/mol. The molecule has 2 aromatic carbocycles. The quantitative estimate of drug-likeness (QED) is 0.473. The molecular weight excluding hydrogens is 428 g/mol. The van der Waals surface area contributed by atoms with Crippen molar-refractivity contribution in [2.45, 2.75) is 45.3 Å². The molecule has 3 aromatic rings. The zero-order valence-corrected chi connectivity index (χ0v) is 19.4. The topological polar surface area (TPSA) is 79.6 Å². The first kappa shape index (κ1) is 23.2. The molecule has 1 aliphatic carbocycles. The van der Waals surface area contributed by atoms with Crippen LogP contribution in [0.5, 0.6) is 0 Å². The van der Waals surface area contributed by atoms with Crippen molar-refractivity contribution >= 4 is 23.7 Å². The molecule has 34 heavy (non-hydrogen) atoms. The molecule has 0 radical (unpaired) electrons. The molecule has 0 spiro atoms. The van der Waals surface area contributed by atoms with Gasteiger partial charge in [0.1, 0.15) is 5.54 Å². The van der Waals surface area contributed by atoms with Crippen LogP contribution in [0.15, 0.2) is 72.9 Å². The van der Waals surface area contributed by atoms with Gasteiger partial charge in [-0.05, 0) is 49.1 Å². The van der Waals surface area contributed by atoms with Gasteiger partial charge in [0.25, 0.3) is 0 Å². The molecule has 1 fully saturated rings. The molecule has 174 valence electrons. The van der Waals surface area contributed by atoms with Crippen LogP contribution in [0, 0.1) is 6.92 Å². The highest BCUT2D eigenvalue weighted by Gasteiger charge is 2.56. The highest BCUT2D eigenvalue weighted by atomic mass is 16.4. The van der Waals surface area contributed by atoms with E-state index in [1.807, 2.05) is 90.5 Å². The lowest BCUT2D eigenvalue weighted by Crippen LogP contribution is -2.45. The molecule has 1 heterocycles. The fourth-order valence-electron chi connectivity index (χ4n) is 4.19. The van der Waals surface area contributed by atoms with E-state index in [2.05, 4.69) is 0 Å². The van der Waals surface area contributed by atoms with Crippen LogP contribution < -0.4 is 0 Å². The predicted octanol–water partition coefficient (Wildman–Crippen LogP) is 4.71. The van der Waals surface area contributed by atoms with Gasteiger partial charge in [0, 0.05) is 31.8 Å². The lowest BCUT2D eigenvalue weighted by Gasteiger charge is -2.28. The van der Waals surface area contributed by atoms with E-state index in [1.54, 1.807) is 0 Å². The summed E-state index contributed by atoms with van der Waals surface area (Å²) in [5.41, 5.74) is 3.15. The summed E-state index contributed by atoms with van der Waals surface area (Å²) in [7, 11) is 0. The molecule has 1 N–H and O–H groups in total. The maximum atomic E-state index is 12.9. The molecule has 0 saturated heterocycles. The van der Waals surface area contributed by atoms with Gasteiger partial charge in [-0.25, -0.2) is 4.79 Å². The Morgan fingerprint density at radius 1 is 1.06 bits per heavy atom. The summed E-state index contributed by atoms with van der Waals surface area (Å²) >= 11 is 0. The Bertz CT molecular complexity index is 1250. The Kier molecular flexibility index (Phi) is 6.50. The number of ketones is 1. The van der Waals surface area contributed by atoms with Gasteiger partial charge >= 0.3 is 5.97 Å². The average Bonchev–Trinajstić information content (AvgIpc) is 3.49. The second-order valence-electron chi connectivity index (χ2n) is 8.83. The van der Waals surface area contributed by atoms with Crippen molar-refractivity contribution in [3.8, 4) is 0 Å². The standard InChI is InChI=1S/C28H28N2O4/c1-20-10-12-24(13-11-20)26(32)25-9-5-17-29(25)16-4-8-22-6-3-7-23(18-22)19-30(21(2)31)28(14-15-28)27(33)34/h3-13,17-18H,14-16,19H2,1-2H3,(H,33,34)/b8-4+. The summed E-state index contributed by atoms with van der Waals surface area (Å²) in [6.45, 7) is 4.20. The Hall–Kier alpha value is -3.93. The molecule has 0 atom stereocenters. The number of nitrogens with zero attached hydrogens (tertiary/aromatic N) is 2. The smallest absolute Gasteiger partial charge is 0.329 e. The van der Waals surface area contributed by atoms with Gasteiger partial charge in [-0.3, -0.25) is 9.59 Å². The van der Waals surface area contributed by atoms with Crippen LogP contribution in [-0.2, 0) is 22.7 Å². The monoisotopic (exact) mass is 456 g/mol. The van der Waals surface area contributed by atoms with Gasteiger partial charge in [0.2, 0.25) is 11.7 Å². The summed E-state index contributed by atoms with van der Waals surface area (Å²) in [4.78, 5) is 38.2. The predicted molar refractivity (Wildman–Crippen MR) is 130 cm³/mol. The zero-order chi connectivity index (χ0) is 24.3. The molecule has 1 amide bonds. The van der Waals surface area contributed by atoms with Gasteiger partial charge in [0.15, 0.2) is 0 Å². The number of benzene rings is 2. The van der Waals surface area contributed by atoms with Crippen molar-refractivity contribution < 1.29 is 19.5 Å². The largest absolute Gasteiger partial charge is 0.479 e. The summed E-state index contributed by atoms with van der Waals surface area (Å²) in [5.74, 6) is -1.20. The van der Waals surface area contributed by atoms with Crippen LogP contribution in [0.2, 0.25) is 0 Å². The number of aromatic nitrogens is 1. The minimum atomic E-state index is -1.06. The van der Waals surface area contributed by atoms with E-state index >= 15 is 0 Å². The van der Waals surface area contributed by atoms with E-state index in [9.17, 15) is 19.5 Å². The first-order chi connectivity index (χ1) is 16.3. The molecule has 1 aromatic heterocycles. The molecule has 0 bridgehead atoms. The van der Waals surface area contributed by atoms with Crippen LogP contribution >= 0.6 is 0 Å². The Labute approximate surface area is 199 Å². The van der Waals surface area contributed by atoms with E-state index in [4.69, 9.17) is 0 Å². The van der Waals surface area contributed by atoms with E-state index in [1.165, 1.54) is 11.8 Å². The summed E-state index contributed by atoms with van der Waals surface area (Å²) < 4.78 is 1.91.